The summed E-state index contributed by atoms with van der Waals surface area (Å²) in [6, 6.07) is 0. The summed E-state index contributed by atoms with van der Waals surface area (Å²) < 4.78 is 14.7. The number of carbonyl (C=O) groups excluding carboxylic acids is 3. The van der Waals surface area contributed by atoms with Crippen LogP contribution in [-0.4, -0.2) is 37.7 Å². The van der Waals surface area contributed by atoms with Crippen LogP contribution in [0.4, 0.5) is 0 Å². The molecule has 0 aromatic carbocycles. The summed E-state index contributed by atoms with van der Waals surface area (Å²) in [5.41, 5.74) is 0. The molecule has 0 aromatic rings. The Morgan fingerprint density at radius 3 is 0.914 bits per heavy atom. The van der Waals surface area contributed by atoms with Gasteiger partial charge in [-0.15, -0.1) is 0 Å². The molecule has 0 atom stereocenters. The van der Waals surface area contributed by atoms with Crippen molar-refractivity contribution in [2.75, 3.05) is 19.8 Å². The van der Waals surface area contributed by atoms with Crippen molar-refractivity contribution in [3.63, 3.8) is 0 Å². The lowest BCUT2D eigenvalue weighted by Crippen LogP contribution is -2.01. The minimum atomic E-state index is -0.345. The van der Waals surface area contributed by atoms with E-state index in [4.69, 9.17) is 14.2 Å². The van der Waals surface area contributed by atoms with Gasteiger partial charge in [-0.05, 0) is 19.3 Å². The number of esters is 3. The van der Waals surface area contributed by atoms with Gasteiger partial charge in [-0.1, -0.05) is 110 Å². The Hall–Kier alpha value is -2.37. The molecule has 0 aliphatic carbocycles. The third-order valence-electron chi connectivity index (χ3n) is 5.27. The predicted octanol–water partition coefficient (Wildman–Crippen LogP) is 7.42. The van der Waals surface area contributed by atoms with Crippen molar-refractivity contribution >= 4 is 17.9 Å². The summed E-state index contributed by atoms with van der Waals surface area (Å²) in [6.07, 6.45) is 22.4. The van der Waals surface area contributed by atoms with Gasteiger partial charge in [-0.25, -0.2) is 14.4 Å². The van der Waals surface area contributed by atoms with Gasteiger partial charge in [0.05, 0.1) is 19.8 Å². The molecule has 6 heteroatoms. The first-order chi connectivity index (χ1) is 17.0. The van der Waals surface area contributed by atoms with Gasteiger partial charge in [0.25, 0.3) is 0 Å². The molecule has 0 fully saturated rings. The number of unbranched alkanes of at least 4 members (excludes halogenated alkanes) is 14. The van der Waals surface area contributed by atoms with Crippen LogP contribution < -0.4 is 0 Å². The van der Waals surface area contributed by atoms with E-state index in [1.54, 1.807) is 0 Å². The highest BCUT2D eigenvalue weighted by Gasteiger charge is 1.98. The van der Waals surface area contributed by atoms with Crippen molar-refractivity contribution < 1.29 is 28.6 Å². The fraction of sp³-hybridized carbons (Fsp3) is 0.690. The molecule has 0 saturated carbocycles. The summed E-state index contributed by atoms with van der Waals surface area (Å²) in [5.74, 6) is -0.998. The quantitative estimate of drug-likeness (QED) is 0.0636. The second-order valence-corrected chi connectivity index (χ2v) is 8.42. The summed E-state index contributed by atoms with van der Waals surface area (Å²) in [6.45, 7) is 13.8. The Labute approximate surface area is 214 Å². The van der Waals surface area contributed by atoms with E-state index >= 15 is 0 Å². The molecule has 0 aliphatic rings. The van der Waals surface area contributed by atoms with Crippen LogP contribution in [0.25, 0.3) is 0 Å². The molecule has 0 saturated heterocycles. The Morgan fingerprint density at radius 2 is 0.686 bits per heavy atom. The maximum atomic E-state index is 10.8. The average Bonchev–Trinajstić information content (AvgIpc) is 2.88. The number of ether oxygens (including phenoxy) is 3. The van der Waals surface area contributed by atoms with E-state index in [-0.39, 0.29) is 17.9 Å². The zero-order chi connectivity index (χ0) is 26.4. The molecule has 202 valence electrons. The standard InChI is InChI=1S/C16H26O4.C13H24O2/c1-3-15(17)19-13-11-9-7-5-6-8-10-12-14-20-16(18)4-2;1-3-5-6-7-8-9-10-11-12-15-13(14)4-2/h3-4H,1-2,5-14H2;4H,2-3,5-12H2,1H3. The minimum Gasteiger partial charge on any atom is -0.463 e. The molecule has 35 heavy (non-hydrogen) atoms. The zero-order valence-corrected chi connectivity index (χ0v) is 22.2. The third-order valence-corrected chi connectivity index (χ3v) is 5.27. The first-order valence-corrected chi connectivity index (χ1v) is 13.4. The van der Waals surface area contributed by atoms with Crippen molar-refractivity contribution in [3.05, 3.63) is 38.0 Å². The van der Waals surface area contributed by atoms with Gasteiger partial charge in [-0.2, -0.15) is 0 Å². The Morgan fingerprint density at radius 1 is 0.457 bits per heavy atom. The lowest BCUT2D eigenvalue weighted by atomic mass is 10.1. The Bertz CT molecular complexity index is 525. The number of rotatable bonds is 23. The number of carbonyl (C=O) groups is 3. The van der Waals surface area contributed by atoms with E-state index in [1.807, 2.05) is 0 Å². The minimum absolute atomic E-state index is 0.307. The topological polar surface area (TPSA) is 78.9 Å². The molecule has 0 bridgehead atoms. The van der Waals surface area contributed by atoms with Crippen molar-refractivity contribution in [1.82, 2.24) is 0 Å². The van der Waals surface area contributed by atoms with Crippen LogP contribution in [0, 0.1) is 0 Å². The maximum Gasteiger partial charge on any atom is 0.330 e. The third kappa shape index (κ3) is 31.6. The smallest absolute Gasteiger partial charge is 0.330 e. The molecule has 0 spiro atoms. The molecule has 0 N–H and O–H groups in total. The lowest BCUT2D eigenvalue weighted by Gasteiger charge is -2.03. The Kier molecular flexibility index (Phi) is 29.5. The molecule has 0 unspecified atom stereocenters. The normalized spacial score (nSPS) is 9.86. The van der Waals surface area contributed by atoms with E-state index in [2.05, 4.69) is 26.7 Å². The van der Waals surface area contributed by atoms with Gasteiger partial charge in [0, 0.05) is 18.2 Å². The molecule has 0 amide bonds. The maximum absolute atomic E-state index is 10.8. The lowest BCUT2D eigenvalue weighted by molar-refractivity contribution is -0.138. The fourth-order valence-electron chi connectivity index (χ4n) is 3.20. The van der Waals surface area contributed by atoms with Crippen molar-refractivity contribution in [2.45, 2.75) is 110 Å². The molecule has 0 radical (unpaired) electrons. The van der Waals surface area contributed by atoms with Crippen molar-refractivity contribution in [2.24, 2.45) is 0 Å². The van der Waals surface area contributed by atoms with Crippen LogP contribution in [0.15, 0.2) is 38.0 Å². The van der Waals surface area contributed by atoms with Crippen LogP contribution in [-0.2, 0) is 28.6 Å². The second-order valence-electron chi connectivity index (χ2n) is 8.42. The van der Waals surface area contributed by atoms with E-state index in [1.165, 1.54) is 69.6 Å². The fourth-order valence-corrected chi connectivity index (χ4v) is 3.20. The average molecular weight is 495 g/mol. The first-order valence-electron chi connectivity index (χ1n) is 13.4. The number of hydrogen-bond acceptors (Lipinski definition) is 6. The van der Waals surface area contributed by atoms with Crippen LogP contribution in [0.2, 0.25) is 0 Å². The van der Waals surface area contributed by atoms with E-state index in [9.17, 15) is 14.4 Å². The van der Waals surface area contributed by atoms with E-state index in [0.29, 0.717) is 19.8 Å². The van der Waals surface area contributed by atoms with Crippen molar-refractivity contribution in [3.8, 4) is 0 Å². The monoisotopic (exact) mass is 494 g/mol. The first kappa shape index (κ1) is 34.8. The van der Waals surface area contributed by atoms with Gasteiger partial charge >= 0.3 is 17.9 Å². The summed E-state index contributed by atoms with van der Waals surface area (Å²) in [5, 5.41) is 0. The van der Waals surface area contributed by atoms with Gasteiger partial charge in [0.2, 0.25) is 0 Å². The molecule has 6 nitrogen and oxygen atoms in total. The largest absolute Gasteiger partial charge is 0.463 e. The highest BCUT2D eigenvalue weighted by Crippen LogP contribution is 2.09. The molecular formula is C29H50O6. The predicted molar refractivity (Wildman–Crippen MR) is 143 cm³/mol. The Balaban J connectivity index is 0. The SMILES string of the molecule is C=CC(=O)OCCCCCCCCCC.C=CC(=O)OCCCCCCCCCCOC(=O)C=C. The summed E-state index contributed by atoms with van der Waals surface area (Å²) in [7, 11) is 0. The second kappa shape index (κ2) is 29.7. The van der Waals surface area contributed by atoms with Gasteiger partial charge in [0.15, 0.2) is 0 Å². The van der Waals surface area contributed by atoms with E-state index < -0.39 is 0 Å². The van der Waals surface area contributed by atoms with Crippen LogP contribution in [0.1, 0.15) is 110 Å². The van der Waals surface area contributed by atoms with Crippen LogP contribution in [0.3, 0.4) is 0 Å². The molecule has 0 aliphatic heterocycles. The van der Waals surface area contributed by atoms with E-state index in [0.717, 1.165) is 51.4 Å². The highest BCUT2D eigenvalue weighted by atomic mass is 16.5. The summed E-state index contributed by atoms with van der Waals surface area (Å²) >= 11 is 0. The van der Waals surface area contributed by atoms with Gasteiger partial charge in [-0.3, -0.25) is 0 Å². The summed E-state index contributed by atoms with van der Waals surface area (Å²) in [4.78, 5) is 32.2. The number of hydrogen-bond donors (Lipinski definition) is 0. The van der Waals surface area contributed by atoms with Crippen molar-refractivity contribution in [1.29, 1.82) is 0 Å². The molecular weight excluding hydrogens is 444 g/mol. The van der Waals surface area contributed by atoms with Crippen LogP contribution in [0.5, 0.6) is 0 Å². The highest BCUT2D eigenvalue weighted by molar-refractivity contribution is 5.81. The van der Waals surface area contributed by atoms with Gasteiger partial charge < -0.3 is 14.2 Å². The molecule has 0 aromatic heterocycles. The van der Waals surface area contributed by atoms with Crippen LogP contribution >= 0.6 is 0 Å². The molecule has 0 heterocycles. The molecule has 0 rings (SSSR count). The zero-order valence-electron chi connectivity index (χ0n) is 22.2. The van der Waals surface area contributed by atoms with Gasteiger partial charge in [0.1, 0.15) is 0 Å².